The van der Waals surface area contributed by atoms with Gasteiger partial charge < -0.3 is 15.5 Å². The van der Waals surface area contributed by atoms with Crippen LogP contribution >= 0.6 is 0 Å². The van der Waals surface area contributed by atoms with Gasteiger partial charge in [-0.2, -0.15) is 13.2 Å². The summed E-state index contributed by atoms with van der Waals surface area (Å²) >= 11 is 0. The number of nitrogens with zero attached hydrogens (tertiary/aromatic N) is 1. The van der Waals surface area contributed by atoms with Crippen molar-refractivity contribution in [3.8, 4) is 0 Å². The van der Waals surface area contributed by atoms with Crippen molar-refractivity contribution in [1.29, 1.82) is 0 Å². The molecular weight excluding hydrogens is 327 g/mol. The number of rotatable bonds is 4. The molecule has 1 aromatic rings. The maximum absolute atomic E-state index is 12.4. The Morgan fingerprint density at radius 1 is 1.29 bits per heavy atom. The Morgan fingerprint density at radius 2 is 1.96 bits per heavy atom. The van der Waals surface area contributed by atoms with Crippen LogP contribution < -0.4 is 10.6 Å². The molecule has 130 valence electrons. The van der Waals surface area contributed by atoms with Gasteiger partial charge in [0.2, 0.25) is 11.8 Å². The number of anilines is 1. The number of alkyl halides is 3. The Balaban J connectivity index is 2.07. The number of hydrogen-bond donors (Lipinski definition) is 2. The number of benzene rings is 1. The average Bonchev–Trinajstić information content (AvgIpc) is 2.86. The minimum Gasteiger partial charge on any atom is -0.355 e. The number of carbonyl (C=O) groups is 3. The molecule has 0 unspecified atom stereocenters. The molecule has 1 aliphatic rings. The minimum absolute atomic E-state index is 0.227. The third-order valence-electron chi connectivity index (χ3n) is 3.61. The molecule has 1 saturated heterocycles. The van der Waals surface area contributed by atoms with Gasteiger partial charge in [0.15, 0.2) is 0 Å². The van der Waals surface area contributed by atoms with Crippen LogP contribution in [-0.4, -0.2) is 48.9 Å². The van der Waals surface area contributed by atoms with E-state index in [1.807, 2.05) is 0 Å². The molecule has 2 N–H and O–H groups in total. The van der Waals surface area contributed by atoms with Crippen molar-refractivity contribution < 1.29 is 27.6 Å². The smallest absolute Gasteiger partial charge is 0.355 e. The number of halogens is 3. The van der Waals surface area contributed by atoms with Crippen molar-refractivity contribution >= 4 is 23.4 Å². The zero-order valence-corrected chi connectivity index (χ0v) is 12.8. The fraction of sp³-hybridized carbons (Fsp3) is 0.400. The second-order valence-corrected chi connectivity index (χ2v) is 5.40. The van der Waals surface area contributed by atoms with E-state index in [2.05, 4.69) is 10.6 Å². The Labute approximate surface area is 136 Å². The lowest BCUT2D eigenvalue weighted by Gasteiger charge is -2.18. The van der Waals surface area contributed by atoms with Gasteiger partial charge in [-0.05, 0) is 12.1 Å². The first kappa shape index (κ1) is 17.8. The van der Waals surface area contributed by atoms with Crippen LogP contribution in [0, 0.1) is 5.92 Å². The molecule has 9 heteroatoms. The van der Waals surface area contributed by atoms with Gasteiger partial charge in [-0.15, -0.1) is 0 Å². The predicted octanol–water partition coefficient (Wildman–Crippen LogP) is 1.40. The van der Waals surface area contributed by atoms with Crippen LogP contribution in [0.3, 0.4) is 0 Å². The van der Waals surface area contributed by atoms with Gasteiger partial charge in [0, 0.05) is 20.0 Å². The first-order valence-corrected chi connectivity index (χ1v) is 7.18. The third-order valence-corrected chi connectivity index (χ3v) is 3.61. The molecular formula is C15H16F3N3O3. The Hall–Kier alpha value is -2.58. The number of amides is 3. The molecule has 3 amide bonds. The quantitative estimate of drug-likeness (QED) is 0.867. The van der Waals surface area contributed by atoms with E-state index in [9.17, 15) is 27.6 Å². The van der Waals surface area contributed by atoms with E-state index >= 15 is 0 Å². The lowest BCUT2D eigenvalue weighted by Crippen LogP contribution is -2.36. The highest BCUT2D eigenvalue weighted by Crippen LogP contribution is 2.25. The highest BCUT2D eigenvalue weighted by Gasteiger charge is 2.40. The van der Waals surface area contributed by atoms with Crippen molar-refractivity contribution in [3.05, 3.63) is 29.8 Å². The van der Waals surface area contributed by atoms with Crippen LogP contribution in [0.15, 0.2) is 24.3 Å². The predicted molar refractivity (Wildman–Crippen MR) is 79.2 cm³/mol. The van der Waals surface area contributed by atoms with E-state index in [0.717, 1.165) is 0 Å². The molecule has 0 saturated carbocycles. The molecule has 1 aliphatic heterocycles. The second-order valence-electron chi connectivity index (χ2n) is 5.40. The monoisotopic (exact) mass is 343 g/mol. The van der Waals surface area contributed by atoms with E-state index in [1.54, 1.807) is 12.1 Å². The maximum Gasteiger partial charge on any atom is 0.406 e. The average molecular weight is 343 g/mol. The summed E-state index contributed by atoms with van der Waals surface area (Å²) in [7, 11) is 1.44. The highest BCUT2D eigenvalue weighted by molar-refractivity contribution is 6.05. The normalized spacial score (nSPS) is 17.8. The lowest BCUT2D eigenvalue weighted by atomic mass is 10.1. The van der Waals surface area contributed by atoms with Gasteiger partial charge in [0.1, 0.15) is 6.54 Å². The molecule has 0 aliphatic carbocycles. The summed E-state index contributed by atoms with van der Waals surface area (Å²) in [5.74, 6) is -2.61. The molecule has 6 nitrogen and oxygen atoms in total. The SMILES string of the molecule is CNC(=O)c1ccccc1NC(=O)[C@H]1CC(=O)N(CC(F)(F)F)C1. The number of nitrogens with one attached hydrogen (secondary N) is 2. The number of carbonyl (C=O) groups excluding carboxylic acids is 3. The molecule has 0 aromatic heterocycles. The first-order valence-electron chi connectivity index (χ1n) is 7.18. The van der Waals surface area contributed by atoms with Crippen molar-refractivity contribution in [2.75, 3.05) is 25.5 Å². The van der Waals surface area contributed by atoms with Gasteiger partial charge in [0.05, 0.1) is 17.2 Å². The van der Waals surface area contributed by atoms with Gasteiger partial charge in [0.25, 0.3) is 5.91 Å². The minimum atomic E-state index is -4.51. The zero-order chi connectivity index (χ0) is 17.9. The molecule has 1 fully saturated rings. The summed E-state index contributed by atoms with van der Waals surface area (Å²) < 4.78 is 37.2. The summed E-state index contributed by atoms with van der Waals surface area (Å²) in [5, 5.41) is 4.94. The van der Waals surface area contributed by atoms with Crippen LogP contribution in [0.1, 0.15) is 16.8 Å². The molecule has 1 atom stereocenters. The van der Waals surface area contributed by atoms with E-state index in [4.69, 9.17) is 0 Å². The van der Waals surface area contributed by atoms with E-state index in [-0.39, 0.29) is 24.2 Å². The molecule has 2 rings (SSSR count). The molecule has 1 aromatic carbocycles. The fourth-order valence-electron chi connectivity index (χ4n) is 2.48. The summed E-state index contributed by atoms with van der Waals surface area (Å²) in [6.45, 7) is -1.67. The van der Waals surface area contributed by atoms with E-state index in [0.29, 0.717) is 4.90 Å². The summed E-state index contributed by atoms with van der Waals surface area (Å²) in [6.07, 6.45) is -4.79. The lowest BCUT2D eigenvalue weighted by molar-refractivity contribution is -0.157. The molecule has 1 heterocycles. The Morgan fingerprint density at radius 3 is 2.58 bits per heavy atom. The molecule has 0 radical (unpaired) electrons. The zero-order valence-electron chi connectivity index (χ0n) is 12.8. The molecule has 0 spiro atoms. The number of hydrogen-bond acceptors (Lipinski definition) is 3. The Bertz CT molecular complexity index is 661. The van der Waals surface area contributed by atoms with Crippen molar-refractivity contribution in [3.63, 3.8) is 0 Å². The largest absolute Gasteiger partial charge is 0.406 e. The maximum atomic E-state index is 12.4. The summed E-state index contributed by atoms with van der Waals surface area (Å²) in [6, 6.07) is 6.24. The fourth-order valence-corrected chi connectivity index (χ4v) is 2.48. The number of likely N-dealkylation sites (tertiary alicyclic amines) is 1. The standard InChI is InChI=1S/C15H16F3N3O3/c1-19-14(24)10-4-2-3-5-11(10)20-13(23)9-6-12(22)21(7-9)8-15(16,17)18/h2-5,9H,6-8H2,1H3,(H,19,24)(H,20,23)/t9-/m0/s1. The van der Waals surface area contributed by atoms with Crippen molar-refractivity contribution in [2.45, 2.75) is 12.6 Å². The highest BCUT2D eigenvalue weighted by atomic mass is 19.4. The van der Waals surface area contributed by atoms with Crippen LogP contribution in [0.25, 0.3) is 0 Å². The van der Waals surface area contributed by atoms with Crippen LogP contribution in [0.5, 0.6) is 0 Å². The van der Waals surface area contributed by atoms with Crippen molar-refractivity contribution in [2.24, 2.45) is 5.92 Å². The van der Waals surface area contributed by atoms with Crippen LogP contribution in [-0.2, 0) is 9.59 Å². The summed E-state index contributed by atoms with van der Waals surface area (Å²) in [5.41, 5.74) is 0.466. The van der Waals surface area contributed by atoms with Gasteiger partial charge in [-0.3, -0.25) is 14.4 Å². The second kappa shape index (κ2) is 6.90. The van der Waals surface area contributed by atoms with Crippen LogP contribution in [0.2, 0.25) is 0 Å². The summed E-state index contributed by atoms with van der Waals surface area (Å²) in [4.78, 5) is 36.2. The Kier molecular flexibility index (Phi) is 5.10. The third kappa shape index (κ3) is 4.24. The van der Waals surface area contributed by atoms with Gasteiger partial charge >= 0.3 is 6.18 Å². The topological polar surface area (TPSA) is 78.5 Å². The molecule has 24 heavy (non-hydrogen) atoms. The first-order chi connectivity index (χ1) is 11.2. The molecule has 0 bridgehead atoms. The van der Waals surface area contributed by atoms with Crippen molar-refractivity contribution in [1.82, 2.24) is 10.2 Å². The van der Waals surface area contributed by atoms with Gasteiger partial charge in [-0.25, -0.2) is 0 Å². The van der Waals surface area contributed by atoms with E-state index < -0.39 is 36.4 Å². The van der Waals surface area contributed by atoms with Crippen LogP contribution in [0.4, 0.5) is 18.9 Å². The van der Waals surface area contributed by atoms with Gasteiger partial charge in [-0.1, -0.05) is 12.1 Å². The van der Waals surface area contributed by atoms with E-state index in [1.165, 1.54) is 19.2 Å². The number of para-hydroxylation sites is 1.